The first-order chi connectivity index (χ1) is 13.1. The molecule has 1 aliphatic heterocycles. The molecule has 7 heteroatoms. The zero-order chi connectivity index (χ0) is 19.0. The highest BCUT2D eigenvalue weighted by Crippen LogP contribution is 2.42. The van der Waals surface area contributed by atoms with Crippen molar-refractivity contribution >= 4 is 38.9 Å². The molecule has 0 atom stereocenters. The van der Waals surface area contributed by atoms with Gasteiger partial charge in [0.2, 0.25) is 5.91 Å². The molecule has 1 aliphatic rings. The van der Waals surface area contributed by atoms with Crippen LogP contribution in [0.5, 0.6) is 5.75 Å². The normalized spacial score (nSPS) is 14.2. The van der Waals surface area contributed by atoms with Crippen molar-refractivity contribution in [1.29, 1.82) is 0 Å². The van der Waals surface area contributed by atoms with E-state index in [-0.39, 0.29) is 11.8 Å². The van der Waals surface area contributed by atoms with Gasteiger partial charge >= 0.3 is 0 Å². The van der Waals surface area contributed by atoms with Crippen LogP contribution in [-0.2, 0) is 11.3 Å². The molecule has 138 valence electrons. The first kappa shape index (κ1) is 17.5. The van der Waals surface area contributed by atoms with Gasteiger partial charge in [-0.15, -0.1) is 11.3 Å². The minimum atomic E-state index is -0.232. The highest BCUT2D eigenvalue weighted by atomic mass is 32.1. The number of fused-ring (bicyclic) bond motifs is 3. The van der Waals surface area contributed by atoms with Crippen LogP contribution in [0.25, 0.3) is 10.1 Å². The largest absolute Gasteiger partial charge is 0.497 e. The highest BCUT2D eigenvalue weighted by Gasteiger charge is 2.32. The number of thiophene rings is 1. The molecule has 2 amide bonds. The van der Waals surface area contributed by atoms with Gasteiger partial charge in [-0.2, -0.15) is 0 Å². The molecule has 0 unspecified atom stereocenters. The average molecular weight is 381 g/mol. The zero-order valence-corrected chi connectivity index (χ0v) is 16.0. The van der Waals surface area contributed by atoms with Crippen molar-refractivity contribution in [3.05, 3.63) is 53.2 Å². The molecule has 0 spiro atoms. The molecule has 1 aromatic carbocycles. The molecule has 3 aromatic rings. The van der Waals surface area contributed by atoms with E-state index in [1.165, 1.54) is 23.2 Å². The number of nitrogens with zero attached hydrogens (tertiary/aromatic N) is 3. The molecule has 0 saturated carbocycles. The Morgan fingerprint density at radius 3 is 2.85 bits per heavy atom. The Bertz CT molecular complexity index is 1020. The summed E-state index contributed by atoms with van der Waals surface area (Å²) in [5, 5.41) is 0.969. The Labute approximate surface area is 161 Å². The van der Waals surface area contributed by atoms with Crippen LogP contribution < -0.4 is 9.64 Å². The van der Waals surface area contributed by atoms with Gasteiger partial charge in [0, 0.05) is 49.0 Å². The molecule has 0 fully saturated rings. The fourth-order valence-electron chi connectivity index (χ4n) is 3.38. The number of imide groups is 1. The van der Waals surface area contributed by atoms with Crippen LogP contribution in [0.1, 0.15) is 22.2 Å². The second-order valence-electron chi connectivity index (χ2n) is 6.40. The summed E-state index contributed by atoms with van der Waals surface area (Å²) in [4.78, 5) is 33.3. The SMILES string of the molecule is COc1ccc2sc3c(c2c1)N(Cc1cccnc1)CCN(C(C)=O)C3=O. The second kappa shape index (κ2) is 7.00. The van der Waals surface area contributed by atoms with E-state index in [1.54, 1.807) is 13.3 Å². The Morgan fingerprint density at radius 2 is 2.15 bits per heavy atom. The van der Waals surface area contributed by atoms with E-state index < -0.39 is 0 Å². The summed E-state index contributed by atoms with van der Waals surface area (Å²) in [5.41, 5.74) is 1.92. The van der Waals surface area contributed by atoms with Gasteiger partial charge in [0.25, 0.3) is 5.91 Å². The predicted octanol–water partition coefficient (Wildman–Crippen LogP) is 3.31. The van der Waals surface area contributed by atoms with Crippen molar-refractivity contribution < 1.29 is 14.3 Å². The molecule has 27 heavy (non-hydrogen) atoms. The van der Waals surface area contributed by atoms with E-state index >= 15 is 0 Å². The third-order valence-electron chi connectivity index (χ3n) is 4.69. The summed E-state index contributed by atoms with van der Waals surface area (Å²) in [7, 11) is 1.63. The summed E-state index contributed by atoms with van der Waals surface area (Å²) >= 11 is 1.42. The van der Waals surface area contributed by atoms with Crippen molar-refractivity contribution in [3.8, 4) is 5.75 Å². The molecular formula is C20H19N3O3S. The monoisotopic (exact) mass is 381 g/mol. The standard InChI is InChI=1S/C20H19N3O3S/c1-13(24)23-9-8-22(12-14-4-3-7-21-11-14)18-16-10-15(26-2)5-6-17(16)27-19(18)20(23)25/h3-7,10-11H,8-9,12H2,1-2H3. The zero-order valence-electron chi connectivity index (χ0n) is 15.1. The maximum absolute atomic E-state index is 13.0. The number of amides is 2. The lowest BCUT2D eigenvalue weighted by molar-refractivity contribution is -0.126. The minimum Gasteiger partial charge on any atom is -0.497 e. The van der Waals surface area contributed by atoms with Crippen molar-refractivity contribution in [3.63, 3.8) is 0 Å². The predicted molar refractivity (Wildman–Crippen MR) is 105 cm³/mol. The number of aromatic nitrogens is 1. The van der Waals surface area contributed by atoms with E-state index in [4.69, 9.17) is 4.74 Å². The van der Waals surface area contributed by atoms with Crippen LogP contribution in [0.4, 0.5) is 5.69 Å². The van der Waals surface area contributed by atoms with Gasteiger partial charge in [-0.1, -0.05) is 6.07 Å². The Hall–Kier alpha value is -2.93. The van der Waals surface area contributed by atoms with E-state index in [9.17, 15) is 9.59 Å². The molecular weight excluding hydrogens is 362 g/mol. The number of carbonyl (C=O) groups excluding carboxylic acids is 2. The van der Waals surface area contributed by atoms with Crippen LogP contribution in [0.3, 0.4) is 0 Å². The summed E-state index contributed by atoms with van der Waals surface area (Å²) in [6.45, 7) is 2.98. The molecule has 0 saturated heterocycles. The third kappa shape index (κ3) is 3.14. The highest BCUT2D eigenvalue weighted by molar-refractivity contribution is 7.21. The average Bonchev–Trinajstić information content (AvgIpc) is 2.99. The molecule has 0 radical (unpaired) electrons. The van der Waals surface area contributed by atoms with Crippen molar-refractivity contribution in [2.45, 2.75) is 13.5 Å². The Balaban J connectivity index is 1.88. The molecule has 2 aromatic heterocycles. The number of carbonyl (C=O) groups is 2. The maximum atomic E-state index is 13.0. The van der Waals surface area contributed by atoms with E-state index in [0.717, 1.165) is 27.1 Å². The smallest absolute Gasteiger partial charge is 0.272 e. The molecule has 6 nitrogen and oxygen atoms in total. The Morgan fingerprint density at radius 1 is 1.30 bits per heavy atom. The van der Waals surface area contributed by atoms with Crippen molar-refractivity contribution in [2.24, 2.45) is 0 Å². The van der Waals surface area contributed by atoms with Gasteiger partial charge in [-0.3, -0.25) is 19.5 Å². The van der Waals surface area contributed by atoms with Crippen LogP contribution in [0, 0.1) is 0 Å². The number of methoxy groups -OCH3 is 1. The van der Waals surface area contributed by atoms with E-state index in [2.05, 4.69) is 9.88 Å². The lowest BCUT2D eigenvalue weighted by atomic mass is 10.1. The van der Waals surface area contributed by atoms with Crippen LogP contribution in [0.15, 0.2) is 42.7 Å². The molecule has 4 rings (SSSR count). The van der Waals surface area contributed by atoms with Gasteiger partial charge in [0.05, 0.1) is 12.8 Å². The minimum absolute atomic E-state index is 0.230. The van der Waals surface area contributed by atoms with E-state index in [1.807, 2.05) is 36.5 Å². The van der Waals surface area contributed by atoms with Crippen molar-refractivity contribution in [1.82, 2.24) is 9.88 Å². The van der Waals surface area contributed by atoms with Crippen LogP contribution >= 0.6 is 11.3 Å². The van der Waals surface area contributed by atoms with Gasteiger partial charge in [0.15, 0.2) is 0 Å². The third-order valence-corrected chi connectivity index (χ3v) is 5.84. The first-order valence-electron chi connectivity index (χ1n) is 8.65. The number of anilines is 1. The quantitative estimate of drug-likeness (QED) is 0.696. The first-order valence-corrected chi connectivity index (χ1v) is 9.47. The molecule has 0 bridgehead atoms. The number of pyridine rings is 1. The van der Waals surface area contributed by atoms with Gasteiger partial charge in [-0.25, -0.2) is 0 Å². The summed E-state index contributed by atoms with van der Waals surface area (Å²) < 4.78 is 6.38. The molecule has 3 heterocycles. The lowest BCUT2D eigenvalue weighted by Gasteiger charge is -2.24. The van der Waals surface area contributed by atoms with E-state index in [0.29, 0.717) is 24.5 Å². The Kier molecular flexibility index (Phi) is 4.53. The molecule has 0 aliphatic carbocycles. The summed E-state index contributed by atoms with van der Waals surface area (Å²) in [6.07, 6.45) is 3.56. The van der Waals surface area contributed by atoms with Gasteiger partial charge in [0.1, 0.15) is 10.6 Å². The number of ether oxygens (including phenoxy) is 1. The van der Waals surface area contributed by atoms with Crippen LogP contribution in [-0.4, -0.2) is 41.9 Å². The fraction of sp³-hybridized carbons (Fsp3) is 0.250. The topological polar surface area (TPSA) is 62.7 Å². The summed E-state index contributed by atoms with van der Waals surface area (Å²) in [5.74, 6) is 0.278. The number of rotatable bonds is 3. The number of hydrogen-bond acceptors (Lipinski definition) is 6. The maximum Gasteiger partial charge on any atom is 0.272 e. The van der Waals surface area contributed by atoms with Gasteiger partial charge < -0.3 is 9.64 Å². The fourth-order valence-corrected chi connectivity index (χ4v) is 4.53. The number of hydrogen-bond donors (Lipinski definition) is 0. The van der Waals surface area contributed by atoms with Gasteiger partial charge in [-0.05, 0) is 29.8 Å². The molecule has 0 N–H and O–H groups in total. The summed E-state index contributed by atoms with van der Waals surface area (Å²) in [6, 6.07) is 9.71. The second-order valence-corrected chi connectivity index (χ2v) is 7.45. The van der Waals surface area contributed by atoms with Crippen molar-refractivity contribution in [2.75, 3.05) is 25.1 Å². The number of benzene rings is 1. The lowest BCUT2D eigenvalue weighted by Crippen LogP contribution is -2.37. The van der Waals surface area contributed by atoms with Crippen LogP contribution in [0.2, 0.25) is 0 Å².